The van der Waals surface area contributed by atoms with E-state index in [0.717, 1.165) is 11.3 Å². The van der Waals surface area contributed by atoms with Crippen LogP contribution in [-0.4, -0.2) is 24.7 Å². The molecule has 0 heterocycles. The number of halogens is 2. The minimum absolute atomic E-state index is 0.0272. The molecule has 0 unspecified atom stereocenters. The molecule has 4 aromatic carbocycles. The number of ether oxygens (including phenoxy) is 1. The van der Waals surface area contributed by atoms with Gasteiger partial charge in [-0.15, -0.1) is 0 Å². The van der Waals surface area contributed by atoms with Crippen molar-refractivity contribution >= 4 is 58.6 Å². The molecule has 2 amide bonds. The van der Waals surface area contributed by atoms with Gasteiger partial charge in [0, 0.05) is 26.9 Å². The molecule has 0 aliphatic heterocycles. The van der Waals surface area contributed by atoms with Crippen LogP contribution in [0.5, 0.6) is 5.75 Å². The zero-order chi connectivity index (χ0) is 28.5. The van der Waals surface area contributed by atoms with Crippen LogP contribution < -0.4 is 15.4 Å². The molecule has 6 nitrogen and oxygen atoms in total. The molecule has 8 heteroatoms. The van der Waals surface area contributed by atoms with Crippen molar-refractivity contribution in [1.29, 1.82) is 0 Å². The highest BCUT2D eigenvalue weighted by Crippen LogP contribution is 2.23. The molecular formula is C32H24Cl2N2O4. The summed E-state index contributed by atoms with van der Waals surface area (Å²) in [7, 11) is 1.59. The summed E-state index contributed by atoms with van der Waals surface area (Å²) in [6.45, 7) is 0. The summed E-state index contributed by atoms with van der Waals surface area (Å²) in [5.41, 5.74) is 2.59. The number of nitrogens with one attached hydrogen (secondary N) is 2. The maximum Gasteiger partial charge on any atom is 0.272 e. The second-order valence-electron chi connectivity index (χ2n) is 8.55. The number of rotatable bonds is 9. The van der Waals surface area contributed by atoms with Gasteiger partial charge in [0.15, 0.2) is 5.78 Å². The first-order chi connectivity index (χ1) is 19.3. The number of hydrogen-bond donors (Lipinski definition) is 2. The van der Waals surface area contributed by atoms with Crippen LogP contribution in [0.25, 0.3) is 12.2 Å². The Hall–Kier alpha value is -4.65. The molecule has 200 valence electrons. The zero-order valence-electron chi connectivity index (χ0n) is 21.4. The van der Waals surface area contributed by atoms with Crippen molar-refractivity contribution in [3.63, 3.8) is 0 Å². The average Bonchev–Trinajstić information content (AvgIpc) is 2.97. The number of carbonyl (C=O) groups excluding carboxylic acids is 3. The van der Waals surface area contributed by atoms with Crippen LogP contribution in [0.2, 0.25) is 10.0 Å². The molecule has 0 spiro atoms. The predicted molar refractivity (Wildman–Crippen MR) is 160 cm³/mol. The van der Waals surface area contributed by atoms with E-state index in [1.54, 1.807) is 86.0 Å². The second kappa shape index (κ2) is 13.4. The number of amides is 2. The van der Waals surface area contributed by atoms with Gasteiger partial charge in [-0.1, -0.05) is 65.7 Å². The summed E-state index contributed by atoms with van der Waals surface area (Å²) in [4.78, 5) is 38.7. The molecule has 0 aromatic heterocycles. The lowest BCUT2D eigenvalue weighted by Gasteiger charge is -2.12. The first kappa shape index (κ1) is 28.4. The maximum absolute atomic E-state index is 13.2. The predicted octanol–water partition coefficient (Wildman–Crippen LogP) is 7.31. The Balaban J connectivity index is 1.50. The van der Waals surface area contributed by atoms with Gasteiger partial charge in [0.2, 0.25) is 0 Å². The average molecular weight is 571 g/mol. The third kappa shape index (κ3) is 7.69. The summed E-state index contributed by atoms with van der Waals surface area (Å²) in [5, 5.41) is 6.17. The smallest absolute Gasteiger partial charge is 0.272 e. The summed E-state index contributed by atoms with van der Waals surface area (Å²) >= 11 is 12.3. The van der Waals surface area contributed by atoms with E-state index < -0.39 is 11.8 Å². The maximum atomic E-state index is 13.2. The number of hydrogen-bond acceptors (Lipinski definition) is 4. The van der Waals surface area contributed by atoms with Crippen molar-refractivity contribution in [1.82, 2.24) is 5.32 Å². The Morgan fingerprint density at radius 3 is 2.15 bits per heavy atom. The van der Waals surface area contributed by atoms with Crippen molar-refractivity contribution in [2.24, 2.45) is 0 Å². The highest BCUT2D eigenvalue weighted by molar-refractivity contribution is 6.35. The minimum Gasteiger partial charge on any atom is -0.497 e. The number of allylic oxidation sites excluding steroid dienone is 1. The second-order valence-corrected chi connectivity index (χ2v) is 9.39. The van der Waals surface area contributed by atoms with Crippen LogP contribution in [0, 0.1) is 0 Å². The van der Waals surface area contributed by atoms with Crippen LogP contribution in [-0.2, 0) is 4.79 Å². The van der Waals surface area contributed by atoms with E-state index in [4.69, 9.17) is 27.9 Å². The van der Waals surface area contributed by atoms with Gasteiger partial charge in [0.05, 0.1) is 7.11 Å². The normalized spacial score (nSPS) is 11.2. The van der Waals surface area contributed by atoms with E-state index in [-0.39, 0.29) is 11.5 Å². The van der Waals surface area contributed by atoms with Crippen molar-refractivity contribution in [2.45, 2.75) is 0 Å². The molecule has 0 bridgehead atoms. The molecule has 0 saturated carbocycles. The zero-order valence-corrected chi connectivity index (χ0v) is 22.9. The van der Waals surface area contributed by atoms with E-state index in [0.29, 0.717) is 32.4 Å². The van der Waals surface area contributed by atoms with E-state index in [2.05, 4.69) is 10.6 Å². The summed E-state index contributed by atoms with van der Waals surface area (Å²) in [6, 6.07) is 27.1. The van der Waals surface area contributed by atoms with Gasteiger partial charge in [0.25, 0.3) is 11.8 Å². The van der Waals surface area contributed by atoms with Gasteiger partial charge in [-0.05, 0) is 83.9 Å². The topological polar surface area (TPSA) is 84.5 Å². The third-order valence-corrected chi connectivity index (χ3v) is 6.32. The van der Waals surface area contributed by atoms with Gasteiger partial charge in [0.1, 0.15) is 11.4 Å². The van der Waals surface area contributed by atoms with Crippen molar-refractivity contribution in [3.8, 4) is 5.75 Å². The summed E-state index contributed by atoms with van der Waals surface area (Å²) < 4.78 is 5.14. The van der Waals surface area contributed by atoms with E-state index in [1.807, 2.05) is 24.3 Å². The van der Waals surface area contributed by atoms with Crippen LogP contribution in [0.1, 0.15) is 31.8 Å². The minimum atomic E-state index is -0.575. The number of ketones is 1. The van der Waals surface area contributed by atoms with Crippen LogP contribution in [0.15, 0.2) is 109 Å². The third-order valence-electron chi connectivity index (χ3n) is 5.76. The molecule has 0 saturated heterocycles. The van der Waals surface area contributed by atoms with E-state index in [1.165, 1.54) is 12.2 Å². The molecule has 0 aliphatic carbocycles. The van der Waals surface area contributed by atoms with Crippen LogP contribution in [0.4, 0.5) is 5.69 Å². The van der Waals surface area contributed by atoms with Gasteiger partial charge in [-0.25, -0.2) is 0 Å². The molecule has 0 atom stereocenters. The molecule has 4 rings (SSSR count). The van der Waals surface area contributed by atoms with Gasteiger partial charge in [-0.2, -0.15) is 0 Å². The Bertz CT molecular complexity index is 1580. The number of carbonyl (C=O) groups is 3. The fourth-order valence-electron chi connectivity index (χ4n) is 3.62. The number of methoxy groups -OCH3 is 1. The lowest BCUT2D eigenvalue weighted by atomic mass is 10.1. The summed E-state index contributed by atoms with van der Waals surface area (Å²) in [5.74, 6) is -0.498. The largest absolute Gasteiger partial charge is 0.497 e. The molecule has 0 aliphatic rings. The SMILES string of the molecule is COc1ccc(/C=C/C(=O)c2ccc(NC(=O)/C(=C/c3ccc(Cl)cc3Cl)NC(=O)c3ccccc3)cc2)cc1. The van der Waals surface area contributed by atoms with E-state index >= 15 is 0 Å². The fraction of sp³-hybridized carbons (Fsp3) is 0.0312. The van der Waals surface area contributed by atoms with Gasteiger partial charge >= 0.3 is 0 Å². The molecular weight excluding hydrogens is 547 g/mol. The number of benzene rings is 4. The summed E-state index contributed by atoms with van der Waals surface area (Å²) in [6.07, 6.45) is 4.66. The van der Waals surface area contributed by atoms with Gasteiger partial charge < -0.3 is 15.4 Å². The molecule has 4 aromatic rings. The highest BCUT2D eigenvalue weighted by atomic mass is 35.5. The first-order valence-electron chi connectivity index (χ1n) is 12.1. The molecule has 40 heavy (non-hydrogen) atoms. The lowest BCUT2D eigenvalue weighted by molar-refractivity contribution is -0.113. The quantitative estimate of drug-likeness (QED) is 0.163. The Morgan fingerprint density at radius 2 is 1.50 bits per heavy atom. The van der Waals surface area contributed by atoms with Gasteiger partial charge in [-0.3, -0.25) is 14.4 Å². The van der Waals surface area contributed by atoms with Crippen molar-refractivity contribution in [2.75, 3.05) is 12.4 Å². The number of anilines is 1. The van der Waals surface area contributed by atoms with Crippen molar-refractivity contribution in [3.05, 3.63) is 141 Å². The van der Waals surface area contributed by atoms with Crippen LogP contribution in [0.3, 0.4) is 0 Å². The monoisotopic (exact) mass is 570 g/mol. The highest BCUT2D eigenvalue weighted by Gasteiger charge is 2.16. The molecule has 2 N–H and O–H groups in total. The Morgan fingerprint density at radius 1 is 0.800 bits per heavy atom. The Kier molecular flexibility index (Phi) is 9.52. The Labute approximate surface area is 241 Å². The molecule has 0 radical (unpaired) electrons. The van der Waals surface area contributed by atoms with Crippen LogP contribution >= 0.6 is 23.2 Å². The van der Waals surface area contributed by atoms with Crippen molar-refractivity contribution < 1.29 is 19.1 Å². The standard InChI is InChI=1S/C32H24Cl2N2O4/c1-40-27-16-7-21(8-17-27)9-18-30(37)22-11-14-26(15-12-22)35-32(39)29(19-24-10-13-25(33)20-28(24)34)36-31(38)23-5-3-2-4-6-23/h2-20H,1H3,(H,35,39)(H,36,38)/b18-9+,29-19-. The van der Waals surface area contributed by atoms with E-state index in [9.17, 15) is 14.4 Å². The lowest BCUT2D eigenvalue weighted by Crippen LogP contribution is -2.30. The molecule has 0 fully saturated rings. The first-order valence-corrected chi connectivity index (χ1v) is 12.9. The fourth-order valence-corrected chi connectivity index (χ4v) is 4.08.